The molecule has 1 aromatic heterocycles. The van der Waals surface area contributed by atoms with E-state index >= 15 is 0 Å². The molecule has 4 rings (SSSR count). The van der Waals surface area contributed by atoms with Gasteiger partial charge in [0.05, 0.1) is 0 Å². The fourth-order valence-electron chi connectivity index (χ4n) is 3.07. The van der Waals surface area contributed by atoms with Crippen LogP contribution in [0.25, 0.3) is 5.57 Å². The van der Waals surface area contributed by atoms with Gasteiger partial charge in [-0.2, -0.15) is 4.98 Å². The summed E-state index contributed by atoms with van der Waals surface area (Å²) in [6.45, 7) is 3.75. The number of piperazine rings is 1. The van der Waals surface area contributed by atoms with Crippen molar-refractivity contribution in [2.24, 2.45) is 0 Å². The van der Waals surface area contributed by atoms with Crippen LogP contribution in [0, 0.1) is 0 Å². The van der Waals surface area contributed by atoms with Crippen LogP contribution in [0.4, 0.5) is 17.5 Å². The number of carbonyl (C=O) groups excluding carboxylic acids is 1. The van der Waals surface area contributed by atoms with E-state index in [4.69, 9.17) is 0 Å². The molecule has 1 aromatic carbocycles. The summed E-state index contributed by atoms with van der Waals surface area (Å²) in [6.07, 6.45) is 7.74. The Morgan fingerprint density at radius 1 is 1.04 bits per heavy atom. The topological polar surface area (TPSA) is 70.2 Å². The minimum atomic E-state index is 0.149. The Morgan fingerprint density at radius 2 is 1.85 bits per heavy atom. The molecule has 2 aliphatic rings. The summed E-state index contributed by atoms with van der Waals surface area (Å²) in [5.41, 5.74) is 3.15. The van der Waals surface area contributed by atoms with Crippen LogP contribution >= 0.6 is 0 Å². The first-order valence-corrected chi connectivity index (χ1v) is 8.85. The quantitative estimate of drug-likeness (QED) is 0.886. The predicted molar refractivity (Wildman–Crippen MR) is 104 cm³/mol. The Labute approximate surface area is 152 Å². The van der Waals surface area contributed by atoms with Gasteiger partial charge in [0.1, 0.15) is 5.82 Å². The van der Waals surface area contributed by atoms with E-state index in [1.54, 1.807) is 12.3 Å². The lowest BCUT2D eigenvalue weighted by atomic mass is 9.99. The summed E-state index contributed by atoms with van der Waals surface area (Å²) in [7, 11) is 0. The van der Waals surface area contributed by atoms with Gasteiger partial charge in [-0.05, 0) is 35.4 Å². The van der Waals surface area contributed by atoms with Gasteiger partial charge in [0.2, 0.25) is 5.95 Å². The minimum Gasteiger partial charge on any atom is -0.340 e. The lowest BCUT2D eigenvalue weighted by Gasteiger charge is -2.27. The average Bonchev–Trinajstić information content (AvgIpc) is 2.70. The molecule has 1 aliphatic heterocycles. The second-order valence-electron chi connectivity index (χ2n) is 6.34. The number of nitrogens with zero attached hydrogens (tertiary/aromatic N) is 3. The lowest BCUT2D eigenvalue weighted by molar-refractivity contribution is -0.113. The Balaban J connectivity index is 1.46. The molecule has 0 amide bonds. The smallest absolute Gasteiger partial charge is 0.227 e. The molecule has 1 aliphatic carbocycles. The number of anilines is 3. The third-order valence-electron chi connectivity index (χ3n) is 4.51. The molecule has 26 heavy (non-hydrogen) atoms. The van der Waals surface area contributed by atoms with E-state index in [9.17, 15) is 4.79 Å². The molecule has 0 bridgehead atoms. The normalized spacial score (nSPS) is 17.2. The molecule has 0 unspecified atom stereocenters. The van der Waals surface area contributed by atoms with E-state index in [1.807, 2.05) is 42.5 Å². The number of hydrogen-bond donors (Lipinski definition) is 2. The van der Waals surface area contributed by atoms with Gasteiger partial charge in [-0.3, -0.25) is 4.79 Å². The minimum absolute atomic E-state index is 0.149. The van der Waals surface area contributed by atoms with Gasteiger partial charge in [0.15, 0.2) is 5.78 Å². The largest absolute Gasteiger partial charge is 0.340 e. The van der Waals surface area contributed by atoms with E-state index in [-0.39, 0.29) is 5.78 Å². The zero-order valence-electron chi connectivity index (χ0n) is 14.5. The van der Waals surface area contributed by atoms with Gasteiger partial charge in [0, 0.05) is 44.5 Å². The number of nitrogens with one attached hydrogen (secondary N) is 2. The summed E-state index contributed by atoms with van der Waals surface area (Å²) in [4.78, 5) is 22.5. The molecule has 0 radical (unpaired) electrons. The van der Waals surface area contributed by atoms with E-state index in [1.165, 1.54) is 0 Å². The maximum Gasteiger partial charge on any atom is 0.227 e. The van der Waals surface area contributed by atoms with Gasteiger partial charge in [0.25, 0.3) is 0 Å². The molecule has 6 nitrogen and oxygen atoms in total. The van der Waals surface area contributed by atoms with Crippen molar-refractivity contribution in [3.8, 4) is 0 Å². The van der Waals surface area contributed by atoms with Gasteiger partial charge in [-0.15, -0.1) is 0 Å². The monoisotopic (exact) mass is 347 g/mol. The molecular weight excluding hydrogens is 326 g/mol. The van der Waals surface area contributed by atoms with E-state index in [2.05, 4.69) is 25.5 Å². The summed E-state index contributed by atoms with van der Waals surface area (Å²) >= 11 is 0. The van der Waals surface area contributed by atoms with Crippen molar-refractivity contribution in [3.63, 3.8) is 0 Å². The van der Waals surface area contributed by atoms with E-state index < -0.39 is 0 Å². The fraction of sp³-hybridized carbons (Fsp3) is 0.250. The third-order valence-corrected chi connectivity index (χ3v) is 4.51. The highest BCUT2D eigenvalue weighted by atomic mass is 16.1. The maximum atomic E-state index is 11.3. The molecule has 6 heteroatoms. The molecule has 1 fully saturated rings. The molecular formula is C20H21N5O. The van der Waals surface area contributed by atoms with Crippen LogP contribution < -0.4 is 15.5 Å². The Kier molecular flexibility index (Phi) is 4.75. The van der Waals surface area contributed by atoms with Crippen molar-refractivity contribution in [3.05, 3.63) is 60.3 Å². The number of benzene rings is 1. The lowest BCUT2D eigenvalue weighted by Crippen LogP contribution is -2.44. The van der Waals surface area contributed by atoms with E-state index in [0.29, 0.717) is 6.42 Å². The molecule has 2 aromatic rings. The van der Waals surface area contributed by atoms with Crippen LogP contribution in [0.15, 0.2) is 54.8 Å². The van der Waals surface area contributed by atoms with Crippen LogP contribution in [-0.4, -0.2) is 41.9 Å². The molecule has 1 saturated heterocycles. The van der Waals surface area contributed by atoms with Gasteiger partial charge >= 0.3 is 0 Å². The van der Waals surface area contributed by atoms with Gasteiger partial charge in [-0.25, -0.2) is 4.98 Å². The first kappa shape index (κ1) is 16.5. The summed E-state index contributed by atoms with van der Waals surface area (Å²) in [5, 5.41) is 6.67. The van der Waals surface area contributed by atoms with Crippen LogP contribution in [-0.2, 0) is 4.79 Å². The SMILES string of the molecule is O=C1C=CC(c2ccc(Nc3ccnc(N4CCNCC4)n3)cc2)=CC1. The van der Waals surface area contributed by atoms with Crippen molar-refractivity contribution < 1.29 is 4.79 Å². The van der Waals surface area contributed by atoms with Crippen LogP contribution in [0.2, 0.25) is 0 Å². The van der Waals surface area contributed by atoms with E-state index in [0.717, 1.165) is 54.8 Å². The predicted octanol–water partition coefficient (Wildman–Crippen LogP) is 2.54. The maximum absolute atomic E-state index is 11.3. The van der Waals surface area contributed by atoms with Crippen LogP contribution in [0.3, 0.4) is 0 Å². The third kappa shape index (κ3) is 3.81. The highest BCUT2D eigenvalue weighted by Crippen LogP contribution is 2.23. The van der Waals surface area contributed by atoms with Crippen molar-refractivity contribution in [2.75, 3.05) is 36.4 Å². The fourth-order valence-corrected chi connectivity index (χ4v) is 3.07. The first-order chi connectivity index (χ1) is 12.8. The van der Waals surface area contributed by atoms with Crippen molar-refractivity contribution >= 4 is 28.8 Å². The van der Waals surface area contributed by atoms with Gasteiger partial charge in [-0.1, -0.05) is 24.3 Å². The Bertz CT molecular complexity index is 851. The number of rotatable bonds is 4. The zero-order chi connectivity index (χ0) is 17.8. The molecule has 2 N–H and O–H groups in total. The highest BCUT2D eigenvalue weighted by Gasteiger charge is 2.13. The summed E-state index contributed by atoms with van der Waals surface area (Å²) < 4.78 is 0. The second-order valence-corrected chi connectivity index (χ2v) is 6.34. The molecule has 0 atom stereocenters. The Hall–Kier alpha value is -2.99. The molecule has 132 valence electrons. The molecule has 0 saturated carbocycles. The number of carbonyl (C=O) groups is 1. The standard InChI is InChI=1S/C20H21N5O/c26-18-7-3-16(4-8-18)15-1-5-17(6-2-15)23-19-9-10-22-20(24-19)25-13-11-21-12-14-25/h1-7,9-10,21H,8,11-14H2,(H,22,23,24). The second kappa shape index (κ2) is 7.49. The Morgan fingerprint density at radius 3 is 2.58 bits per heavy atom. The summed E-state index contributed by atoms with van der Waals surface area (Å²) in [6, 6.07) is 10.0. The van der Waals surface area contributed by atoms with Crippen molar-refractivity contribution in [2.45, 2.75) is 6.42 Å². The first-order valence-electron chi connectivity index (χ1n) is 8.85. The number of aromatic nitrogens is 2. The molecule has 0 spiro atoms. The molecule has 2 heterocycles. The van der Waals surface area contributed by atoms with Crippen LogP contribution in [0.5, 0.6) is 0 Å². The summed E-state index contributed by atoms with van der Waals surface area (Å²) in [5.74, 6) is 1.69. The number of ketones is 1. The average molecular weight is 347 g/mol. The van der Waals surface area contributed by atoms with Crippen LogP contribution in [0.1, 0.15) is 12.0 Å². The van der Waals surface area contributed by atoms with Crippen molar-refractivity contribution in [1.29, 1.82) is 0 Å². The number of hydrogen-bond acceptors (Lipinski definition) is 6. The van der Waals surface area contributed by atoms with Crippen molar-refractivity contribution in [1.82, 2.24) is 15.3 Å². The number of allylic oxidation sites excluding steroid dienone is 4. The van der Waals surface area contributed by atoms with Gasteiger partial charge < -0.3 is 15.5 Å². The zero-order valence-corrected chi connectivity index (χ0v) is 14.5. The highest BCUT2D eigenvalue weighted by molar-refractivity contribution is 5.97.